The maximum atomic E-state index is 13.2. The molecule has 162 valence electrons. The Hall–Kier alpha value is -3.78. The highest BCUT2D eigenvalue weighted by Gasteiger charge is 2.24. The van der Waals surface area contributed by atoms with Crippen LogP contribution < -0.4 is 14.8 Å². The number of methoxy groups -OCH3 is 2. The van der Waals surface area contributed by atoms with Gasteiger partial charge in [-0.15, -0.1) is 5.10 Å². The van der Waals surface area contributed by atoms with E-state index >= 15 is 0 Å². The van der Waals surface area contributed by atoms with Gasteiger partial charge in [0, 0.05) is 17.3 Å². The van der Waals surface area contributed by atoms with Crippen LogP contribution in [0.5, 0.6) is 11.5 Å². The second kappa shape index (κ2) is 10.0. The van der Waals surface area contributed by atoms with Gasteiger partial charge in [-0.2, -0.15) is 0 Å². The monoisotopic (exact) mass is 446 g/mol. The van der Waals surface area contributed by atoms with Gasteiger partial charge in [-0.1, -0.05) is 48.2 Å². The number of nitrogens with zero attached hydrogens (tertiary/aromatic N) is 2. The lowest BCUT2D eigenvalue weighted by atomic mass is 10.1. The molecular weight excluding hydrogens is 424 g/mol. The number of thioether (sulfide) groups is 1. The van der Waals surface area contributed by atoms with Crippen molar-refractivity contribution in [3.05, 3.63) is 84.4 Å². The predicted octanol–water partition coefficient (Wildman–Crippen LogP) is 4.96. The molecule has 0 aliphatic rings. The third-order valence-corrected chi connectivity index (χ3v) is 5.84. The Bertz CT molecular complexity index is 1180. The van der Waals surface area contributed by atoms with Crippen molar-refractivity contribution in [1.29, 1.82) is 0 Å². The number of H-pyrrole nitrogens is 1. The molecular formula is C24H22N4O3S. The Morgan fingerprint density at radius 2 is 1.69 bits per heavy atom. The average molecular weight is 447 g/mol. The molecule has 7 nitrogen and oxygen atoms in total. The van der Waals surface area contributed by atoms with Crippen LogP contribution in [-0.4, -0.2) is 35.3 Å². The number of aromatic amines is 1. The number of ether oxygens (including phenoxy) is 2. The fraction of sp³-hybridized carbons (Fsp3) is 0.125. The van der Waals surface area contributed by atoms with Gasteiger partial charge in [0.05, 0.1) is 14.2 Å². The Morgan fingerprint density at radius 1 is 0.938 bits per heavy atom. The molecule has 0 saturated heterocycles. The van der Waals surface area contributed by atoms with Crippen LogP contribution in [0, 0.1) is 0 Å². The van der Waals surface area contributed by atoms with E-state index in [0.717, 1.165) is 16.9 Å². The van der Waals surface area contributed by atoms with Crippen LogP contribution in [0.4, 0.5) is 5.69 Å². The largest absolute Gasteiger partial charge is 0.497 e. The van der Waals surface area contributed by atoms with Crippen molar-refractivity contribution in [1.82, 2.24) is 15.2 Å². The van der Waals surface area contributed by atoms with E-state index in [-0.39, 0.29) is 5.91 Å². The minimum Gasteiger partial charge on any atom is -0.497 e. The van der Waals surface area contributed by atoms with Crippen molar-refractivity contribution in [3.63, 3.8) is 0 Å². The number of carbonyl (C=O) groups is 1. The average Bonchev–Trinajstić information content (AvgIpc) is 3.32. The lowest BCUT2D eigenvalue weighted by Crippen LogP contribution is -2.19. The number of benzene rings is 3. The molecule has 2 N–H and O–H groups in total. The number of hydrogen-bond acceptors (Lipinski definition) is 6. The maximum Gasteiger partial charge on any atom is 0.242 e. The van der Waals surface area contributed by atoms with Crippen molar-refractivity contribution in [3.8, 4) is 22.9 Å². The number of amides is 1. The van der Waals surface area contributed by atoms with Crippen molar-refractivity contribution < 1.29 is 14.3 Å². The number of rotatable bonds is 8. The molecule has 32 heavy (non-hydrogen) atoms. The lowest BCUT2D eigenvalue weighted by Gasteiger charge is -2.16. The molecule has 0 aliphatic heterocycles. The molecule has 0 unspecified atom stereocenters. The Kier molecular flexibility index (Phi) is 6.72. The molecule has 0 saturated carbocycles. The summed E-state index contributed by atoms with van der Waals surface area (Å²) >= 11 is 1.28. The van der Waals surface area contributed by atoms with Gasteiger partial charge >= 0.3 is 0 Å². The second-order valence-corrected chi connectivity index (χ2v) is 7.90. The zero-order chi connectivity index (χ0) is 22.3. The second-order valence-electron chi connectivity index (χ2n) is 6.82. The maximum absolute atomic E-state index is 13.2. The van der Waals surface area contributed by atoms with Gasteiger partial charge in [-0.25, -0.2) is 4.98 Å². The summed E-state index contributed by atoms with van der Waals surface area (Å²) in [6.07, 6.45) is 0. The highest BCUT2D eigenvalue weighted by molar-refractivity contribution is 8.00. The van der Waals surface area contributed by atoms with Crippen molar-refractivity contribution in [2.24, 2.45) is 0 Å². The topological polar surface area (TPSA) is 89.1 Å². The number of aromatic nitrogens is 3. The third kappa shape index (κ3) is 5.09. The molecule has 0 radical (unpaired) electrons. The van der Waals surface area contributed by atoms with Crippen LogP contribution in [0.25, 0.3) is 11.4 Å². The highest BCUT2D eigenvalue weighted by atomic mass is 32.2. The van der Waals surface area contributed by atoms with Gasteiger partial charge in [0.15, 0.2) is 5.82 Å². The summed E-state index contributed by atoms with van der Waals surface area (Å²) in [6, 6.07) is 24.3. The first-order chi connectivity index (χ1) is 15.7. The summed E-state index contributed by atoms with van der Waals surface area (Å²) in [4.78, 5) is 17.8. The number of hydrogen-bond donors (Lipinski definition) is 2. The van der Waals surface area contributed by atoms with Crippen molar-refractivity contribution >= 4 is 23.4 Å². The first-order valence-electron chi connectivity index (χ1n) is 9.89. The minimum atomic E-state index is -0.540. The normalized spacial score (nSPS) is 11.6. The quantitative estimate of drug-likeness (QED) is 0.372. The van der Waals surface area contributed by atoms with E-state index in [0.29, 0.717) is 22.4 Å². The molecule has 8 heteroatoms. The highest BCUT2D eigenvalue weighted by Crippen LogP contribution is 2.35. The van der Waals surface area contributed by atoms with Crippen molar-refractivity contribution in [2.75, 3.05) is 19.5 Å². The van der Waals surface area contributed by atoms with Gasteiger partial charge < -0.3 is 14.8 Å². The SMILES string of the molecule is COc1ccc(-c2nc(S[C@H](C(=O)Nc3cccc(OC)c3)c3ccccc3)n[nH]2)cc1. The van der Waals surface area contributed by atoms with Gasteiger partial charge in [0.1, 0.15) is 16.7 Å². The fourth-order valence-corrected chi connectivity index (χ4v) is 4.00. The summed E-state index contributed by atoms with van der Waals surface area (Å²) < 4.78 is 10.4. The van der Waals surface area contributed by atoms with E-state index in [1.54, 1.807) is 20.3 Å². The zero-order valence-electron chi connectivity index (χ0n) is 17.6. The molecule has 1 aromatic heterocycles. The number of anilines is 1. The first-order valence-corrected chi connectivity index (χ1v) is 10.8. The van der Waals surface area contributed by atoms with Crippen LogP contribution >= 0.6 is 11.8 Å². The Labute approximate surface area is 190 Å². The summed E-state index contributed by atoms with van der Waals surface area (Å²) in [7, 11) is 3.21. The predicted molar refractivity (Wildman–Crippen MR) is 125 cm³/mol. The molecule has 0 spiro atoms. The van der Waals surface area contributed by atoms with E-state index in [1.807, 2.05) is 72.8 Å². The van der Waals surface area contributed by atoms with Crippen LogP contribution in [-0.2, 0) is 4.79 Å². The molecule has 0 bridgehead atoms. The van der Waals surface area contributed by atoms with E-state index in [2.05, 4.69) is 20.5 Å². The van der Waals surface area contributed by atoms with E-state index in [4.69, 9.17) is 9.47 Å². The molecule has 4 aromatic rings. The summed E-state index contributed by atoms with van der Waals surface area (Å²) in [5.41, 5.74) is 2.39. The van der Waals surface area contributed by atoms with E-state index < -0.39 is 5.25 Å². The van der Waals surface area contributed by atoms with Crippen LogP contribution in [0.2, 0.25) is 0 Å². The Morgan fingerprint density at radius 3 is 2.41 bits per heavy atom. The van der Waals surface area contributed by atoms with Crippen LogP contribution in [0.15, 0.2) is 84.0 Å². The molecule has 0 aliphatic carbocycles. The molecule has 1 heterocycles. The first kappa shape index (κ1) is 21.5. The standard InChI is InChI=1S/C24H22N4O3S/c1-30-19-13-11-17(12-14-19)22-26-24(28-27-22)32-21(16-7-4-3-5-8-16)23(29)25-18-9-6-10-20(15-18)31-2/h3-15,21H,1-2H3,(H,25,29)(H,26,27,28)/t21-/m0/s1. The zero-order valence-corrected chi connectivity index (χ0v) is 18.4. The molecule has 0 fully saturated rings. The van der Waals surface area contributed by atoms with Crippen LogP contribution in [0.3, 0.4) is 0 Å². The van der Waals surface area contributed by atoms with Crippen LogP contribution in [0.1, 0.15) is 10.8 Å². The van der Waals surface area contributed by atoms with E-state index in [9.17, 15) is 4.79 Å². The molecule has 3 aromatic carbocycles. The van der Waals surface area contributed by atoms with Crippen molar-refractivity contribution in [2.45, 2.75) is 10.4 Å². The van der Waals surface area contributed by atoms with Gasteiger partial charge in [0.25, 0.3) is 0 Å². The van der Waals surface area contributed by atoms with Gasteiger partial charge in [-0.05, 0) is 42.0 Å². The van der Waals surface area contributed by atoms with Gasteiger partial charge in [0.2, 0.25) is 11.1 Å². The molecule has 4 rings (SSSR count). The molecule has 1 amide bonds. The molecule has 1 atom stereocenters. The van der Waals surface area contributed by atoms with Gasteiger partial charge in [-0.3, -0.25) is 9.89 Å². The Balaban J connectivity index is 1.56. The minimum absolute atomic E-state index is 0.176. The smallest absolute Gasteiger partial charge is 0.242 e. The lowest BCUT2D eigenvalue weighted by molar-refractivity contribution is -0.115. The third-order valence-electron chi connectivity index (χ3n) is 4.73. The summed E-state index contributed by atoms with van der Waals surface area (Å²) in [5.74, 6) is 1.88. The van der Waals surface area contributed by atoms with E-state index in [1.165, 1.54) is 11.8 Å². The summed E-state index contributed by atoms with van der Waals surface area (Å²) in [5, 5.41) is 10.2. The fourth-order valence-electron chi connectivity index (χ4n) is 3.09. The number of carbonyl (C=O) groups excluding carboxylic acids is 1. The summed E-state index contributed by atoms with van der Waals surface area (Å²) in [6.45, 7) is 0. The number of nitrogens with one attached hydrogen (secondary N) is 2.